The van der Waals surface area contributed by atoms with Crippen molar-refractivity contribution in [3.8, 4) is 5.88 Å². The van der Waals surface area contributed by atoms with Crippen LogP contribution in [0, 0.1) is 12.3 Å². The van der Waals surface area contributed by atoms with E-state index in [-0.39, 0.29) is 0 Å². The highest BCUT2D eigenvalue weighted by Gasteiger charge is 2.14. The van der Waals surface area contributed by atoms with Crippen molar-refractivity contribution < 1.29 is 4.74 Å². The lowest BCUT2D eigenvalue weighted by Crippen LogP contribution is -2.27. The Morgan fingerprint density at radius 2 is 2.17 bits per heavy atom. The molecule has 1 aromatic heterocycles. The smallest absolute Gasteiger partial charge is 0.228 e. The second-order valence-corrected chi connectivity index (χ2v) is 4.97. The number of hydrogen-bond donors (Lipinski definition) is 1. The Hall–Kier alpha value is -1.10. The third kappa shape index (κ3) is 3.45. The van der Waals surface area contributed by atoms with Crippen molar-refractivity contribution in [2.24, 2.45) is 0 Å². The van der Waals surface area contributed by atoms with Crippen molar-refractivity contribution >= 4 is 21.8 Å². The van der Waals surface area contributed by atoms with E-state index in [9.17, 15) is 0 Å². The highest BCUT2D eigenvalue weighted by molar-refractivity contribution is 9.10. The van der Waals surface area contributed by atoms with Crippen LogP contribution in [0.2, 0.25) is 0 Å². The maximum Gasteiger partial charge on any atom is 0.228 e. The van der Waals surface area contributed by atoms with Crippen LogP contribution in [0.1, 0.15) is 31.5 Å². The number of aryl methyl sites for hydroxylation is 1. The topological polar surface area (TPSA) is 49.2 Å². The van der Waals surface area contributed by atoms with Crippen molar-refractivity contribution in [1.29, 1.82) is 5.41 Å². The number of aromatic nitrogens is 1. The summed E-state index contributed by atoms with van der Waals surface area (Å²) < 4.78 is 6.34. The van der Waals surface area contributed by atoms with Crippen LogP contribution >= 0.6 is 15.9 Å². The largest absolute Gasteiger partial charge is 0.477 e. The Labute approximate surface area is 117 Å². The number of nitrogens with zero attached hydrogens (tertiary/aromatic N) is 2. The van der Waals surface area contributed by atoms with Gasteiger partial charge < -0.3 is 9.64 Å². The molecule has 0 saturated heterocycles. The summed E-state index contributed by atoms with van der Waals surface area (Å²) in [6.07, 6.45) is 0.948. The minimum absolute atomic E-state index is 0.477. The molecule has 0 aliphatic heterocycles. The van der Waals surface area contributed by atoms with Crippen LogP contribution in [-0.2, 0) is 0 Å². The standard InChI is InChI=1S/C13H20BrN3O/c1-5-7-18-13-11(14)8-10(9(3)16-13)12(15)17(4)6-2/h8,15H,5-7H2,1-4H3. The number of hydrogen-bond acceptors (Lipinski definition) is 3. The fourth-order valence-electron chi connectivity index (χ4n) is 1.46. The zero-order chi connectivity index (χ0) is 13.7. The molecule has 0 spiro atoms. The van der Waals surface area contributed by atoms with E-state index in [1.165, 1.54) is 0 Å². The predicted octanol–water partition coefficient (Wildman–Crippen LogP) is 3.22. The fourth-order valence-corrected chi connectivity index (χ4v) is 1.89. The van der Waals surface area contributed by atoms with E-state index < -0.39 is 0 Å². The van der Waals surface area contributed by atoms with Crippen molar-refractivity contribution in [2.75, 3.05) is 20.2 Å². The van der Waals surface area contributed by atoms with Crippen LogP contribution in [0.4, 0.5) is 0 Å². The van der Waals surface area contributed by atoms with Crippen molar-refractivity contribution in [3.63, 3.8) is 0 Å². The van der Waals surface area contributed by atoms with Crippen LogP contribution in [0.25, 0.3) is 0 Å². The summed E-state index contributed by atoms with van der Waals surface area (Å²) in [7, 11) is 1.90. The number of rotatable bonds is 5. The van der Waals surface area contributed by atoms with E-state index in [1.807, 2.05) is 31.9 Å². The SMILES string of the molecule is CCCOc1nc(C)c(C(=N)N(C)CC)cc1Br. The van der Waals surface area contributed by atoms with Gasteiger partial charge in [0.15, 0.2) is 0 Å². The molecular weight excluding hydrogens is 294 g/mol. The monoisotopic (exact) mass is 313 g/mol. The van der Waals surface area contributed by atoms with Gasteiger partial charge in [-0.05, 0) is 42.3 Å². The van der Waals surface area contributed by atoms with Gasteiger partial charge in [-0.3, -0.25) is 5.41 Å². The highest BCUT2D eigenvalue weighted by atomic mass is 79.9. The van der Waals surface area contributed by atoms with E-state index in [0.29, 0.717) is 18.3 Å². The molecule has 0 aliphatic rings. The molecule has 1 rings (SSSR count). The maximum atomic E-state index is 8.11. The van der Waals surface area contributed by atoms with Crippen LogP contribution in [0.5, 0.6) is 5.88 Å². The summed E-state index contributed by atoms with van der Waals surface area (Å²) in [5, 5.41) is 8.11. The molecule has 0 radical (unpaired) electrons. The molecule has 0 aromatic carbocycles. The molecule has 18 heavy (non-hydrogen) atoms. The number of amidine groups is 1. The first-order valence-electron chi connectivity index (χ1n) is 6.11. The second-order valence-electron chi connectivity index (χ2n) is 4.12. The predicted molar refractivity (Wildman–Crippen MR) is 77.6 cm³/mol. The number of pyridine rings is 1. The van der Waals surface area contributed by atoms with E-state index in [0.717, 1.165) is 28.7 Å². The van der Waals surface area contributed by atoms with Gasteiger partial charge in [-0.2, -0.15) is 0 Å². The molecule has 1 aromatic rings. The van der Waals surface area contributed by atoms with Gasteiger partial charge >= 0.3 is 0 Å². The normalized spacial score (nSPS) is 10.3. The maximum absolute atomic E-state index is 8.11. The van der Waals surface area contributed by atoms with E-state index in [1.54, 1.807) is 0 Å². The van der Waals surface area contributed by atoms with Crippen molar-refractivity contribution in [2.45, 2.75) is 27.2 Å². The van der Waals surface area contributed by atoms with Gasteiger partial charge in [0.25, 0.3) is 0 Å². The van der Waals surface area contributed by atoms with E-state index in [4.69, 9.17) is 10.1 Å². The Balaban J connectivity index is 3.03. The molecule has 0 saturated carbocycles. The molecule has 0 fully saturated rings. The Morgan fingerprint density at radius 1 is 1.50 bits per heavy atom. The average Bonchev–Trinajstić information content (AvgIpc) is 2.37. The molecule has 0 bridgehead atoms. The Morgan fingerprint density at radius 3 is 2.72 bits per heavy atom. The minimum Gasteiger partial charge on any atom is -0.477 e. The lowest BCUT2D eigenvalue weighted by Gasteiger charge is -2.19. The molecule has 5 heteroatoms. The molecule has 1 heterocycles. The van der Waals surface area contributed by atoms with E-state index in [2.05, 4.69) is 27.8 Å². The van der Waals surface area contributed by atoms with Gasteiger partial charge in [0, 0.05) is 19.2 Å². The number of halogens is 1. The first-order chi connectivity index (χ1) is 8.51. The molecular formula is C13H20BrN3O. The molecule has 0 aliphatic carbocycles. The van der Waals surface area contributed by atoms with Gasteiger partial charge in [-0.25, -0.2) is 4.98 Å². The van der Waals surface area contributed by atoms with E-state index >= 15 is 0 Å². The molecule has 4 nitrogen and oxygen atoms in total. The zero-order valence-corrected chi connectivity index (χ0v) is 13.0. The number of nitrogens with one attached hydrogen (secondary N) is 1. The van der Waals surface area contributed by atoms with Crippen LogP contribution < -0.4 is 4.74 Å². The highest BCUT2D eigenvalue weighted by Crippen LogP contribution is 2.26. The minimum atomic E-state index is 0.477. The van der Waals surface area contributed by atoms with Gasteiger partial charge in [0.1, 0.15) is 5.84 Å². The molecule has 100 valence electrons. The first kappa shape index (κ1) is 15.0. The van der Waals surface area contributed by atoms with Gasteiger partial charge in [0.05, 0.1) is 16.8 Å². The summed E-state index contributed by atoms with van der Waals surface area (Å²) in [5.74, 6) is 1.08. The van der Waals surface area contributed by atoms with Crippen LogP contribution in [0.15, 0.2) is 10.5 Å². The fraction of sp³-hybridized carbons (Fsp3) is 0.538. The molecule has 0 unspecified atom stereocenters. The third-order valence-corrected chi connectivity index (χ3v) is 3.26. The van der Waals surface area contributed by atoms with Gasteiger partial charge in [-0.15, -0.1) is 0 Å². The van der Waals surface area contributed by atoms with Crippen LogP contribution in [-0.4, -0.2) is 35.9 Å². The lowest BCUT2D eigenvalue weighted by molar-refractivity contribution is 0.302. The zero-order valence-electron chi connectivity index (χ0n) is 11.4. The second kappa shape index (κ2) is 6.73. The third-order valence-electron chi connectivity index (χ3n) is 2.69. The number of ether oxygens (including phenoxy) is 1. The molecule has 0 amide bonds. The molecule has 1 N–H and O–H groups in total. The van der Waals surface area contributed by atoms with Crippen molar-refractivity contribution in [3.05, 3.63) is 21.8 Å². The van der Waals surface area contributed by atoms with Gasteiger partial charge in [0.2, 0.25) is 5.88 Å². The Kier molecular flexibility index (Phi) is 5.59. The lowest BCUT2D eigenvalue weighted by atomic mass is 10.1. The summed E-state index contributed by atoms with van der Waals surface area (Å²) in [5.41, 5.74) is 1.64. The summed E-state index contributed by atoms with van der Waals surface area (Å²) in [6.45, 7) is 7.42. The quantitative estimate of drug-likeness (QED) is 0.670. The first-order valence-corrected chi connectivity index (χ1v) is 6.90. The Bertz CT molecular complexity index is 434. The van der Waals surface area contributed by atoms with Crippen LogP contribution in [0.3, 0.4) is 0 Å². The summed E-state index contributed by atoms with van der Waals surface area (Å²) in [4.78, 5) is 6.29. The average molecular weight is 314 g/mol. The summed E-state index contributed by atoms with van der Waals surface area (Å²) >= 11 is 3.45. The van der Waals surface area contributed by atoms with Crippen molar-refractivity contribution in [1.82, 2.24) is 9.88 Å². The van der Waals surface area contributed by atoms with Gasteiger partial charge in [-0.1, -0.05) is 6.92 Å². The summed E-state index contributed by atoms with van der Waals surface area (Å²) in [6, 6.07) is 1.90. The molecule has 0 atom stereocenters.